The smallest absolute Gasteiger partial charge is 0.297 e. The molecule has 11 heteroatoms. The first-order valence-corrected chi connectivity index (χ1v) is 11.6. The molecule has 9 nitrogen and oxygen atoms in total. The Morgan fingerprint density at radius 2 is 1.32 bits per heavy atom. The second kappa shape index (κ2) is 7.39. The summed E-state index contributed by atoms with van der Waals surface area (Å²) < 4.78 is 66.2. The fraction of sp³-hybridized carbons (Fsp3) is 0. The van der Waals surface area contributed by atoms with E-state index in [0.717, 1.165) is 17.5 Å². The Morgan fingerprint density at radius 1 is 0.677 bits per heavy atom. The average molecular weight is 458 g/mol. The molecule has 158 valence electrons. The van der Waals surface area contributed by atoms with Gasteiger partial charge in [-0.3, -0.25) is 9.11 Å². The lowest BCUT2D eigenvalue weighted by molar-refractivity contribution is 0.477. The number of hydrogen-bond donors (Lipinski definition) is 3. The molecule has 3 N–H and O–H groups in total. The number of benzene rings is 4. The SMILES string of the molecule is O=S(=O)(O)c1ccc2ccc(N=Nc3c(O)ccc4ccccc34)c(S(=O)(=O)O)c2c1. The molecule has 0 aromatic heterocycles. The normalized spacial score (nSPS) is 12.7. The van der Waals surface area contributed by atoms with Crippen LogP contribution < -0.4 is 0 Å². The van der Waals surface area contributed by atoms with Crippen LogP contribution >= 0.6 is 0 Å². The Balaban J connectivity index is 1.98. The zero-order chi connectivity index (χ0) is 22.4. The van der Waals surface area contributed by atoms with Gasteiger partial charge in [0, 0.05) is 10.8 Å². The molecule has 0 amide bonds. The molecule has 0 saturated carbocycles. The second-order valence-electron chi connectivity index (χ2n) is 6.60. The molecule has 0 spiro atoms. The Labute approximate surface area is 176 Å². The van der Waals surface area contributed by atoms with Crippen molar-refractivity contribution in [2.75, 3.05) is 0 Å². The molecular formula is C20H14N2O7S2. The third-order valence-electron chi connectivity index (χ3n) is 4.62. The minimum atomic E-state index is -4.87. The molecule has 0 aliphatic rings. The van der Waals surface area contributed by atoms with Crippen LogP contribution in [0.25, 0.3) is 21.5 Å². The summed E-state index contributed by atoms with van der Waals surface area (Å²) in [5.74, 6) is -0.190. The van der Waals surface area contributed by atoms with Gasteiger partial charge in [-0.2, -0.15) is 16.8 Å². The Hall–Kier alpha value is -3.38. The maximum Gasteiger partial charge on any atom is 0.297 e. The lowest BCUT2D eigenvalue weighted by Crippen LogP contribution is -2.02. The van der Waals surface area contributed by atoms with Crippen molar-refractivity contribution in [3.8, 4) is 5.75 Å². The molecule has 4 rings (SSSR count). The second-order valence-corrected chi connectivity index (χ2v) is 9.38. The summed E-state index contributed by atoms with van der Waals surface area (Å²) in [6.45, 7) is 0. The van der Waals surface area contributed by atoms with Crippen molar-refractivity contribution in [1.29, 1.82) is 0 Å². The number of phenols is 1. The van der Waals surface area contributed by atoms with Crippen LogP contribution in [0.2, 0.25) is 0 Å². The molecule has 0 aliphatic carbocycles. The molecule has 4 aromatic rings. The number of nitrogens with zero attached hydrogens (tertiary/aromatic N) is 2. The van der Waals surface area contributed by atoms with Gasteiger partial charge in [0.05, 0.1) is 4.90 Å². The van der Waals surface area contributed by atoms with Crippen LogP contribution in [0.3, 0.4) is 0 Å². The van der Waals surface area contributed by atoms with Gasteiger partial charge in [-0.05, 0) is 35.0 Å². The van der Waals surface area contributed by atoms with E-state index in [-0.39, 0.29) is 27.9 Å². The number of fused-ring (bicyclic) bond motifs is 2. The van der Waals surface area contributed by atoms with Crippen LogP contribution in [0.1, 0.15) is 0 Å². The number of azo groups is 1. The van der Waals surface area contributed by atoms with Crippen molar-refractivity contribution < 1.29 is 31.0 Å². The highest BCUT2D eigenvalue weighted by Crippen LogP contribution is 2.38. The third kappa shape index (κ3) is 3.99. The van der Waals surface area contributed by atoms with E-state index in [1.807, 2.05) is 0 Å². The van der Waals surface area contributed by atoms with E-state index < -0.39 is 30.0 Å². The number of rotatable bonds is 4. The topological polar surface area (TPSA) is 154 Å². The Kier molecular flexibility index (Phi) is 4.98. The fourth-order valence-electron chi connectivity index (χ4n) is 3.22. The zero-order valence-electron chi connectivity index (χ0n) is 15.5. The number of hydrogen-bond acceptors (Lipinski definition) is 7. The summed E-state index contributed by atoms with van der Waals surface area (Å²) in [6.07, 6.45) is 0. The van der Waals surface area contributed by atoms with Crippen LogP contribution in [0, 0.1) is 0 Å². The van der Waals surface area contributed by atoms with E-state index in [0.29, 0.717) is 5.39 Å². The standard InChI is InChI=1S/C20H14N2O7S2/c23-18-10-7-12-3-1-2-4-15(12)19(18)22-21-17-9-6-13-5-8-14(30(24,25)26)11-16(13)20(17)31(27,28)29/h1-11,23H,(H,24,25,26)(H,27,28,29). The highest BCUT2D eigenvalue weighted by Gasteiger charge is 2.22. The summed E-state index contributed by atoms with van der Waals surface area (Å²) in [7, 11) is -9.49. The van der Waals surface area contributed by atoms with Gasteiger partial charge < -0.3 is 5.11 Å². The molecule has 31 heavy (non-hydrogen) atoms. The van der Waals surface area contributed by atoms with Gasteiger partial charge in [-0.25, -0.2) is 0 Å². The van der Waals surface area contributed by atoms with Crippen LogP contribution in [0.4, 0.5) is 11.4 Å². The van der Waals surface area contributed by atoms with E-state index in [1.165, 1.54) is 24.3 Å². The van der Waals surface area contributed by atoms with Crippen molar-refractivity contribution in [3.63, 3.8) is 0 Å². The lowest BCUT2D eigenvalue weighted by Gasteiger charge is -2.09. The Morgan fingerprint density at radius 3 is 2.03 bits per heavy atom. The van der Waals surface area contributed by atoms with E-state index in [4.69, 9.17) is 0 Å². The lowest BCUT2D eigenvalue weighted by atomic mass is 10.1. The summed E-state index contributed by atoms with van der Waals surface area (Å²) in [5, 5.41) is 19.5. The first-order valence-electron chi connectivity index (χ1n) is 8.70. The van der Waals surface area contributed by atoms with Crippen LogP contribution in [-0.2, 0) is 20.2 Å². The van der Waals surface area contributed by atoms with Crippen LogP contribution in [-0.4, -0.2) is 31.0 Å². The van der Waals surface area contributed by atoms with Gasteiger partial charge in [-0.1, -0.05) is 42.5 Å². The first-order chi connectivity index (χ1) is 14.6. The monoisotopic (exact) mass is 458 g/mol. The molecule has 0 radical (unpaired) electrons. The van der Waals surface area contributed by atoms with Crippen molar-refractivity contribution in [3.05, 3.63) is 66.7 Å². The molecule has 0 unspecified atom stereocenters. The largest absolute Gasteiger partial charge is 0.506 e. The van der Waals surface area contributed by atoms with Crippen molar-refractivity contribution in [2.45, 2.75) is 9.79 Å². The number of aromatic hydroxyl groups is 1. The molecule has 0 atom stereocenters. The maximum atomic E-state index is 12.1. The van der Waals surface area contributed by atoms with E-state index >= 15 is 0 Å². The quantitative estimate of drug-likeness (QED) is 0.298. The maximum absolute atomic E-state index is 12.1. The number of phenolic OH excluding ortho intramolecular Hbond substituents is 1. The van der Waals surface area contributed by atoms with E-state index in [2.05, 4.69) is 10.2 Å². The van der Waals surface area contributed by atoms with E-state index in [1.54, 1.807) is 30.3 Å². The molecule has 0 heterocycles. The van der Waals surface area contributed by atoms with Gasteiger partial charge in [0.1, 0.15) is 22.0 Å². The molecular weight excluding hydrogens is 444 g/mol. The third-order valence-corrected chi connectivity index (χ3v) is 6.41. The molecule has 0 saturated heterocycles. The van der Waals surface area contributed by atoms with Crippen molar-refractivity contribution >= 4 is 53.2 Å². The van der Waals surface area contributed by atoms with Crippen LogP contribution in [0.5, 0.6) is 5.75 Å². The predicted molar refractivity (Wildman–Crippen MR) is 113 cm³/mol. The predicted octanol–water partition coefficient (Wildman–Crippen LogP) is 4.61. The van der Waals surface area contributed by atoms with Gasteiger partial charge >= 0.3 is 0 Å². The highest BCUT2D eigenvalue weighted by atomic mass is 32.2. The summed E-state index contributed by atoms with van der Waals surface area (Å²) in [4.78, 5) is -1.23. The molecule has 0 bridgehead atoms. The van der Waals surface area contributed by atoms with Gasteiger partial charge in [0.15, 0.2) is 0 Å². The van der Waals surface area contributed by atoms with Gasteiger partial charge in [0.2, 0.25) is 0 Å². The summed E-state index contributed by atoms with van der Waals surface area (Å²) in [5.41, 5.74) is -0.194. The minimum absolute atomic E-state index is 0.0890. The zero-order valence-corrected chi connectivity index (χ0v) is 17.2. The van der Waals surface area contributed by atoms with E-state index in [9.17, 15) is 31.0 Å². The Bertz CT molecular complexity index is 1600. The average Bonchev–Trinajstić information content (AvgIpc) is 2.70. The van der Waals surface area contributed by atoms with Gasteiger partial charge in [-0.15, -0.1) is 10.2 Å². The van der Waals surface area contributed by atoms with Crippen molar-refractivity contribution in [1.82, 2.24) is 0 Å². The molecule has 4 aromatic carbocycles. The van der Waals surface area contributed by atoms with Crippen molar-refractivity contribution in [2.24, 2.45) is 10.2 Å². The van der Waals surface area contributed by atoms with Crippen LogP contribution in [0.15, 0.2) is 86.7 Å². The summed E-state index contributed by atoms with van der Waals surface area (Å²) in [6, 6.07) is 16.2. The molecule has 0 aliphatic heterocycles. The minimum Gasteiger partial charge on any atom is -0.506 e. The molecule has 0 fully saturated rings. The fourth-order valence-corrected chi connectivity index (χ4v) is 4.56. The summed E-state index contributed by atoms with van der Waals surface area (Å²) >= 11 is 0. The highest BCUT2D eigenvalue weighted by molar-refractivity contribution is 7.86. The first kappa shape index (κ1) is 20.9. The van der Waals surface area contributed by atoms with Gasteiger partial charge in [0.25, 0.3) is 20.2 Å².